The van der Waals surface area contributed by atoms with Crippen LogP contribution in [-0.2, 0) is 20.2 Å². The van der Waals surface area contributed by atoms with Crippen LogP contribution in [0.5, 0.6) is 0 Å². The summed E-state index contributed by atoms with van der Waals surface area (Å²) in [6.07, 6.45) is -0.365. The van der Waals surface area contributed by atoms with Crippen molar-refractivity contribution in [3.8, 4) is 0 Å². The fourth-order valence-electron chi connectivity index (χ4n) is 1.51. The van der Waals surface area contributed by atoms with E-state index in [2.05, 4.69) is 5.32 Å². The van der Waals surface area contributed by atoms with Crippen molar-refractivity contribution in [2.75, 3.05) is 11.1 Å². The molecule has 20 heavy (non-hydrogen) atoms. The van der Waals surface area contributed by atoms with Crippen molar-refractivity contribution in [2.24, 2.45) is 0 Å². The molecular formula is C13H18ClNO4S. The molecule has 0 unspecified atom stereocenters. The Kier molecular flexibility index (Phi) is 5.42. The quantitative estimate of drug-likeness (QED) is 0.865. The molecule has 1 N–H and O–H groups in total. The number of aryl methyl sites for hydroxylation is 1. The molecule has 0 fully saturated rings. The first kappa shape index (κ1) is 16.8. The van der Waals surface area contributed by atoms with Crippen molar-refractivity contribution in [2.45, 2.75) is 32.8 Å². The van der Waals surface area contributed by atoms with E-state index in [0.717, 1.165) is 0 Å². The molecule has 0 spiro atoms. The van der Waals surface area contributed by atoms with Gasteiger partial charge in [0.05, 0.1) is 5.75 Å². The number of halogens is 1. The summed E-state index contributed by atoms with van der Waals surface area (Å²) < 4.78 is 27.1. The van der Waals surface area contributed by atoms with E-state index in [1.165, 1.54) is 0 Å². The molecule has 0 bridgehead atoms. The van der Waals surface area contributed by atoms with Crippen LogP contribution in [-0.4, -0.2) is 25.9 Å². The van der Waals surface area contributed by atoms with Gasteiger partial charge in [-0.25, -0.2) is 13.2 Å². The first-order chi connectivity index (χ1) is 9.07. The van der Waals surface area contributed by atoms with Crippen LogP contribution in [0.3, 0.4) is 0 Å². The fraction of sp³-hybridized carbons (Fsp3) is 0.462. The van der Waals surface area contributed by atoms with E-state index in [1.807, 2.05) is 0 Å². The molecule has 1 aromatic rings. The van der Waals surface area contributed by atoms with Gasteiger partial charge in [-0.05, 0) is 38.8 Å². The topological polar surface area (TPSA) is 72.5 Å². The normalized spacial score (nSPS) is 12.0. The van der Waals surface area contributed by atoms with Gasteiger partial charge in [0.25, 0.3) is 0 Å². The molecule has 5 nitrogen and oxygen atoms in total. The maximum atomic E-state index is 11.7. The Morgan fingerprint density at radius 3 is 2.45 bits per heavy atom. The molecule has 0 heterocycles. The van der Waals surface area contributed by atoms with Gasteiger partial charge in [-0.1, -0.05) is 18.2 Å². The molecule has 0 radical (unpaired) electrons. The molecule has 0 aliphatic rings. The second-order valence-corrected chi connectivity index (χ2v) is 8.17. The maximum Gasteiger partial charge on any atom is 0.412 e. The minimum Gasteiger partial charge on any atom is -0.444 e. The SMILES string of the molecule is CC(C)(C)OC(=O)Nc1ccccc1CCS(=O)(=O)Cl. The van der Waals surface area contributed by atoms with E-state index in [9.17, 15) is 13.2 Å². The Bertz CT molecular complexity index is 578. The molecule has 112 valence electrons. The predicted octanol–water partition coefficient (Wildman–Crippen LogP) is 3.14. The lowest BCUT2D eigenvalue weighted by Crippen LogP contribution is -2.27. The number of ether oxygens (including phenoxy) is 1. The number of rotatable bonds is 4. The largest absolute Gasteiger partial charge is 0.444 e. The highest BCUT2D eigenvalue weighted by Crippen LogP contribution is 2.18. The van der Waals surface area contributed by atoms with Gasteiger partial charge in [-0.2, -0.15) is 0 Å². The van der Waals surface area contributed by atoms with Crippen molar-refractivity contribution in [3.63, 3.8) is 0 Å². The number of nitrogens with one attached hydrogen (secondary N) is 1. The number of anilines is 1. The van der Waals surface area contributed by atoms with Crippen molar-refractivity contribution >= 4 is 31.5 Å². The number of amides is 1. The highest BCUT2D eigenvalue weighted by molar-refractivity contribution is 8.13. The summed E-state index contributed by atoms with van der Waals surface area (Å²) in [6, 6.07) is 6.91. The predicted molar refractivity (Wildman–Crippen MR) is 79.6 cm³/mol. The lowest BCUT2D eigenvalue weighted by Gasteiger charge is -2.20. The van der Waals surface area contributed by atoms with Crippen LogP contribution in [0.4, 0.5) is 10.5 Å². The Labute approximate surface area is 123 Å². The number of hydrogen-bond acceptors (Lipinski definition) is 4. The Hall–Kier alpha value is -1.27. The summed E-state index contributed by atoms with van der Waals surface area (Å²) in [5.74, 6) is -0.193. The zero-order valence-electron chi connectivity index (χ0n) is 11.6. The Morgan fingerprint density at radius 1 is 1.30 bits per heavy atom. The van der Waals surface area contributed by atoms with E-state index in [4.69, 9.17) is 15.4 Å². The third-order valence-corrected chi connectivity index (χ3v) is 3.42. The first-order valence-corrected chi connectivity index (χ1v) is 8.55. The van der Waals surface area contributed by atoms with E-state index in [0.29, 0.717) is 11.3 Å². The number of benzene rings is 1. The maximum absolute atomic E-state index is 11.7. The van der Waals surface area contributed by atoms with Gasteiger partial charge >= 0.3 is 6.09 Å². The van der Waals surface area contributed by atoms with Crippen LogP contribution in [0.2, 0.25) is 0 Å². The van der Waals surface area contributed by atoms with E-state index < -0.39 is 20.7 Å². The van der Waals surface area contributed by atoms with Crippen molar-refractivity contribution in [1.29, 1.82) is 0 Å². The third kappa shape index (κ3) is 6.77. The van der Waals surface area contributed by atoms with Crippen LogP contribution in [0.25, 0.3) is 0 Å². The monoisotopic (exact) mass is 319 g/mol. The average molecular weight is 320 g/mol. The van der Waals surface area contributed by atoms with Gasteiger partial charge in [0, 0.05) is 16.4 Å². The number of carbonyl (C=O) groups is 1. The second kappa shape index (κ2) is 6.45. The van der Waals surface area contributed by atoms with Crippen LogP contribution in [0.15, 0.2) is 24.3 Å². The van der Waals surface area contributed by atoms with Crippen LogP contribution in [0, 0.1) is 0 Å². The van der Waals surface area contributed by atoms with Gasteiger partial charge in [0.1, 0.15) is 5.60 Å². The van der Waals surface area contributed by atoms with E-state index >= 15 is 0 Å². The highest BCUT2D eigenvalue weighted by Gasteiger charge is 2.17. The highest BCUT2D eigenvalue weighted by atomic mass is 35.7. The molecule has 0 saturated heterocycles. The zero-order chi connectivity index (χ0) is 15.4. The van der Waals surface area contributed by atoms with Gasteiger partial charge in [-0.15, -0.1) is 0 Å². The lowest BCUT2D eigenvalue weighted by molar-refractivity contribution is 0.0636. The molecule has 1 rings (SSSR count). The summed E-state index contributed by atoms with van der Waals surface area (Å²) in [6.45, 7) is 5.29. The zero-order valence-corrected chi connectivity index (χ0v) is 13.2. The Balaban J connectivity index is 2.78. The molecular weight excluding hydrogens is 302 g/mol. The van der Waals surface area contributed by atoms with E-state index in [-0.39, 0.29) is 12.2 Å². The first-order valence-electron chi connectivity index (χ1n) is 6.07. The number of hydrogen-bond donors (Lipinski definition) is 1. The minimum absolute atomic E-state index is 0.193. The van der Waals surface area contributed by atoms with E-state index in [1.54, 1.807) is 45.0 Å². The molecule has 0 aliphatic carbocycles. The minimum atomic E-state index is -3.57. The summed E-state index contributed by atoms with van der Waals surface area (Å²) in [5.41, 5.74) is 0.600. The summed E-state index contributed by atoms with van der Waals surface area (Å²) in [5, 5.41) is 2.60. The third-order valence-electron chi connectivity index (χ3n) is 2.27. The lowest BCUT2D eigenvalue weighted by atomic mass is 10.1. The van der Waals surface area contributed by atoms with Crippen molar-refractivity contribution < 1.29 is 17.9 Å². The van der Waals surface area contributed by atoms with Gasteiger partial charge in [-0.3, -0.25) is 5.32 Å². The molecule has 7 heteroatoms. The number of carbonyl (C=O) groups excluding carboxylic acids is 1. The molecule has 1 aromatic carbocycles. The molecule has 0 atom stereocenters. The van der Waals surface area contributed by atoms with Crippen LogP contribution < -0.4 is 5.32 Å². The Morgan fingerprint density at radius 2 is 1.90 bits per heavy atom. The average Bonchev–Trinajstić information content (AvgIpc) is 2.24. The molecule has 0 aromatic heterocycles. The summed E-state index contributed by atoms with van der Waals surface area (Å²) >= 11 is 0. The van der Waals surface area contributed by atoms with Crippen molar-refractivity contribution in [3.05, 3.63) is 29.8 Å². The smallest absolute Gasteiger partial charge is 0.412 e. The molecule has 0 saturated carbocycles. The van der Waals surface area contributed by atoms with Crippen LogP contribution in [0.1, 0.15) is 26.3 Å². The molecule has 1 amide bonds. The van der Waals surface area contributed by atoms with Crippen molar-refractivity contribution in [1.82, 2.24) is 0 Å². The molecule has 0 aliphatic heterocycles. The van der Waals surface area contributed by atoms with Gasteiger partial charge in [0.15, 0.2) is 0 Å². The number of para-hydroxylation sites is 1. The second-order valence-electron chi connectivity index (χ2n) is 5.28. The van der Waals surface area contributed by atoms with Gasteiger partial charge < -0.3 is 4.74 Å². The standard InChI is InChI=1S/C13H18ClNO4S/c1-13(2,3)19-12(16)15-11-7-5-4-6-10(11)8-9-20(14,17)18/h4-7H,8-9H2,1-3H3,(H,15,16). The summed E-state index contributed by atoms with van der Waals surface area (Å²) in [7, 11) is 1.62. The van der Waals surface area contributed by atoms with Crippen LogP contribution >= 0.6 is 10.7 Å². The summed E-state index contributed by atoms with van der Waals surface area (Å²) in [4.78, 5) is 11.7. The fourth-order valence-corrected chi connectivity index (χ4v) is 2.20. The van der Waals surface area contributed by atoms with Gasteiger partial charge in [0.2, 0.25) is 9.05 Å².